The van der Waals surface area contributed by atoms with E-state index in [0.29, 0.717) is 0 Å². The van der Waals surface area contributed by atoms with Crippen molar-refractivity contribution in [2.24, 2.45) is 11.7 Å². The van der Waals surface area contributed by atoms with Crippen molar-refractivity contribution in [3.8, 4) is 0 Å². The van der Waals surface area contributed by atoms with Crippen LogP contribution in [0, 0.1) is 5.92 Å². The SMILES string of the molecule is CC(NC(=O)C(C)C(C)N)c1ccc(S(=O)(=O)N(C)C)cc1.Cl. The number of rotatable bonds is 6. The molecule has 0 bridgehead atoms. The summed E-state index contributed by atoms with van der Waals surface area (Å²) in [6, 6.07) is 6.06. The fraction of sp³-hybridized carbons (Fsp3) is 0.533. The van der Waals surface area contributed by atoms with Gasteiger partial charge in [-0.3, -0.25) is 4.79 Å². The zero-order valence-electron chi connectivity index (χ0n) is 14.1. The van der Waals surface area contributed by atoms with Gasteiger partial charge in [-0.05, 0) is 31.5 Å². The highest BCUT2D eigenvalue weighted by molar-refractivity contribution is 7.89. The van der Waals surface area contributed by atoms with Crippen molar-refractivity contribution in [2.45, 2.75) is 37.8 Å². The molecule has 0 aliphatic rings. The van der Waals surface area contributed by atoms with Crippen molar-refractivity contribution in [3.63, 3.8) is 0 Å². The molecule has 1 rings (SSSR count). The van der Waals surface area contributed by atoms with Gasteiger partial charge in [0.15, 0.2) is 0 Å². The van der Waals surface area contributed by atoms with Gasteiger partial charge in [-0.25, -0.2) is 12.7 Å². The summed E-state index contributed by atoms with van der Waals surface area (Å²) < 4.78 is 25.2. The Balaban J connectivity index is 0.00000484. The summed E-state index contributed by atoms with van der Waals surface area (Å²) in [5.41, 5.74) is 6.55. The number of amides is 1. The van der Waals surface area contributed by atoms with Gasteiger partial charge in [-0.1, -0.05) is 19.1 Å². The van der Waals surface area contributed by atoms with E-state index in [1.54, 1.807) is 38.1 Å². The summed E-state index contributed by atoms with van der Waals surface area (Å²) in [4.78, 5) is 12.2. The number of carbonyl (C=O) groups is 1. The van der Waals surface area contributed by atoms with Gasteiger partial charge in [0.2, 0.25) is 15.9 Å². The number of benzene rings is 1. The summed E-state index contributed by atoms with van der Waals surface area (Å²) in [5.74, 6) is -0.400. The van der Waals surface area contributed by atoms with Crippen molar-refractivity contribution in [2.75, 3.05) is 14.1 Å². The number of nitrogens with one attached hydrogen (secondary N) is 1. The Morgan fingerprint density at radius 1 is 1.13 bits per heavy atom. The Bertz CT molecular complexity index is 615. The summed E-state index contributed by atoms with van der Waals surface area (Å²) in [6.07, 6.45) is 0. The Hall–Kier alpha value is -1.15. The van der Waals surface area contributed by atoms with Gasteiger partial charge in [0, 0.05) is 26.1 Å². The number of sulfonamides is 1. The first-order chi connectivity index (χ1) is 10.1. The first-order valence-corrected chi connectivity index (χ1v) is 8.59. The number of nitrogens with two attached hydrogens (primary N) is 1. The molecule has 1 aromatic carbocycles. The predicted molar refractivity (Wildman–Crippen MR) is 93.9 cm³/mol. The smallest absolute Gasteiger partial charge is 0.242 e. The highest BCUT2D eigenvalue weighted by Crippen LogP contribution is 2.18. The number of hydrogen-bond donors (Lipinski definition) is 2. The summed E-state index contributed by atoms with van der Waals surface area (Å²) >= 11 is 0. The molecule has 3 unspecified atom stereocenters. The number of halogens is 1. The van der Waals surface area contributed by atoms with E-state index in [4.69, 9.17) is 5.73 Å². The third-order valence-corrected chi connectivity index (χ3v) is 5.55. The summed E-state index contributed by atoms with van der Waals surface area (Å²) in [5, 5.41) is 2.88. The van der Waals surface area contributed by atoms with Crippen molar-refractivity contribution in [1.29, 1.82) is 0 Å². The Kier molecular flexibility index (Phi) is 8.20. The summed E-state index contributed by atoms with van der Waals surface area (Å²) in [6.45, 7) is 5.41. The van der Waals surface area contributed by atoms with E-state index in [2.05, 4.69) is 5.32 Å². The van der Waals surface area contributed by atoms with Crippen LogP contribution in [0.1, 0.15) is 32.4 Å². The van der Waals surface area contributed by atoms with Crippen molar-refractivity contribution in [3.05, 3.63) is 29.8 Å². The molecule has 0 saturated carbocycles. The lowest BCUT2D eigenvalue weighted by atomic mass is 10.0. The van der Waals surface area contributed by atoms with Gasteiger partial charge in [-0.2, -0.15) is 0 Å². The quantitative estimate of drug-likeness (QED) is 0.801. The van der Waals surface area contributed by atoms with Crippen molar-refractivity contribution in [1.82, 2.24) is 9.62 Å². The maximum absolute atomic E-state index is 12.0. The second-order valence-corrected chi connectivity index (χ2v) is 7.89. The molecule has 0 aromatic heterocycles. The Morgan fingerprint density at radius 3 is 2.00 bits per heavy atom. The zero-order chi connectivity index (χ0) is 17.1. The van der Waals surface area contributed by atoms with E-state index in [9.17, 15) is 13.2 Å². The largest absolute Gasteiger partial charge is 0.349 e. The molecule has 132 valence electrons. The second kappa shape index (κ2) is 8.63. The predicted octanol–water partition coefficient (Wildman–Crippen LogP) is 1.52. The Morgan fingerprint density at radius 2 is 1.61 bits per heavy atom. The normalized spacial score (nSPS) is 15.4. The van der Waals surface area contributed by atoms with Crippen LogP contribution in [0.5, 0.6) is 0 Å². The van der Waals surface area contributed by atoms with E-state index < -0.39 is 10.0 Å². The van der Waals surface area contributed by atoms with E-state index in [-0.39, 0.29) is 41.2 Å². The van der Waals surface area contributed by atoms with Gasteiger partial charge in [-0.15, -0.1) is 12.4 Å². The molecule has 0 saturated heterocycles. The third-order valence-electron chi connectivity index (χ3n) is 3.72. The number of nitrogens with zero attached hydrogens (tertiary/aromatic N) is 1. The zero-order valence-corrected chi connectivity index (χ0v) is 15.7. The van der Waals surface area contributed by atoms with E-state index in [1.165, 1.54) is 14.1 Å². The molecule has 0 fully saturated rings. The van der Waals surface area contributed by atoms with Gasteiger partial charge in [0.25, 0.3) is 0 Å². The topological polar surface area (TPSA) is 92.5 Å². The molecule has 23 heavy (non-hydrogen) atoms. The average molecular weight is 364 g/mol. The van der Waals surface area contributed by atoms with E-state index in [0.717, 1.165) is 9.87 Å². The Labute approximate surface area is 144 Å². The van der Waals surface area contributed by atoms with E-state index >= 15 is 0 Å². The second-order valence-electron chi connectivity index (χ2n) is 5.73. The monoisotopic (exact) mass is 363 g/mol. The maximum atomic E-state index is 12.0. The minimum absolute atomic E-state index is 0. The fourth-order valence-corrected chi connectivity index (χ4v) is 2.71. The van der Waals surface area contributed by atoms with Crippen LogP contribution in [-0.4, -0.2) is 38.8 Å². The van der Waals surface area contributed by atoms with Crippen LogP contribution in [0.15, 0.2) is 29.2 Å². The molecule has 8 heteroatoms. The average Bonchev–Trinajstić information content (AvgIpc) is 2.46. The molecular weight excluding hydrogens is 338 g/mol. The minimum atomic E-state index is -3.44. The molecule has 0 aliphatic carbocycles. The van der Waals surface area contributed by atoms with Crippen LogP contribution in [0.3, 0.4) is 0 Å². The molecule has 0 heterocycles. The highest BCUT2D eigenvalue weighted by Gasteiger charge is 2.20. The lowest BCUT2D eigenvalue weighted by Crippen LogP contribution is -2.39. The van der Waals surface area contributed by atoms with Crippen LogP contribution < -0.4 is 11.1 Å². The van der Waals surface area contributed by atoms with Crippen LogP contribution in [0.4, 0.5) is 0 Å². The number of hydrogen-bond acceptors (Lipinski definition) is 4. The van der Waals surface area contributed by atoms with Crippen molar-refractivity contribution >= 4 is 28.3 Å². The maximum Gasteiger partial charge on any atom is 0.242 e. The molecule has 1 amide bonds. The molecule has 1 aromatic rings. The molecule has 0 radical (unpaired) electrons. The fourth-order valence-electron chi connectivity index (χ4n) is 1.81. The molecule has 6 nitrogen and oxygen atoms in total. The van der Waals surface area contributed by atoms with E-state index in [1.807, 2.05) is 6.92 Å². The molecular formula is C15H26ClN3O3S. The van der Waals surface area contributed by atoms with Gasteiger partial charge < -0.3 is 11.1 Å². The molecule has 3 atom stereocenters. The van der Waals surface area contributed by atoms with Crippen molar-refractivity contribution < 1.29 is 13.2 Å². The van der Waals surface area contributed by atoms with Crippen LogP contribution in [-0.2, 0) is 14.8 Å². The lowest BCUT2D eigenvalue weighted by Gasteiger charge is -2.20. The van der Waals surface area contributed by atoms with Crippen LogP contribution >= 0.6 is 12.4 Å². The highest BCUT2D eigenvalue weighted by atomic mass is 35.5. The summed E-state index contributed by atoms with van der Waals surface area (Å²) in [7, 11) is -0.462. The van der Waals surface area contributed by atoms with Gasteiger partial charge in [0.05, 0.1) is 10.9 Å². The third kappa shape index (κ3) is 5.46. The van der Waals surface area contributed by atoms with Gasteiger partial charge >= 0.3 is 0 Å². The minimum Gasteiger partial charge on any atom is -0.349 e. The van der Waals surface area contributed by atoms with Crippen LogP contribution in [0.25, 0.3) is 0 Å². The molecule has 0 aliphatic heterocycles. The molecule has 0 spiro atoms. The number of carbonyl (C=O) groups excluding carboxylic acids is 1. The lowest BCUT2D eigenvalue weighted by molar-refractivity contribution is -0.125. The van der Waals surface area contributed by atoms with Gasteiger partial charge in [0.1, 0.15) is 0 Å². The first kappa shape index (κ1) is 21.9. The van der Waals surface area contributed by atoms with Crippen LogP contribution in [0.2, 0.25) is 0 Å². The standard InChI is InChI=1S/C15H25N3O3S.ClH/c1-10(11(2)16)15(19)17-12(3)13-6-8-14(9-7-13)22(20,21)18(4)5;/h6-12H,16H2,1-5H3,(H,17,19);1H. The first-order valence-electron chi connectivity index (χ1n) is 7.15. The molecule has 3 N–H and O–H groups in total.